The molecule has 0 aromatic rings. The Morgan fingerprint density at radius 1 is 0.640 bits per heavy atom. The zero-order valence-corrected chi connectivity index (χ0v) is 16.7. The van der Waals surface area contributed by atoms with Crippen molar-refractivity contribution in [2.75, 3.05) is 0 Å². The third-order valence-electron chi connectivity index (χ3n) is 4.98. The molecule has 0 aliphatic carbocycles. The minimum atomic E-state index is -0.658. The van der Waals surface area contributed by atoms with Crippen molar-refractivity contribution in [1.82, 2.24) is 0 Å². The zero-order chi connectivity index (χ0) is 18.6. The van der Waals surface area contributed by atoms with Crippen LogP contribution >= 0.6 is 0 Å². The maximum atomic E-state index is 10.4. The average Bonchev–Trinajstić information content (AvgIpc) is 2.60. The molecule has 148 valence electrons. The Kier molecular flexibility index (Phi) is 18.6. The summed E-state index contributed by atoms with van der Waals surface area (Å²) in [7, 11) is 0. The smallest absolute Gasteiger partial charge is 0.303 e. The molecule has 0 saturated carbocycles. The van der Waals surface area contributed by atoms with Crippen LogP contribution < -0.4 is 5.73 Å². The summed E-state index contributed by atoms with van der Waals surface area (Å²) < 4.78 is 0. The second kappa shape index (κ2) is 19.3. The number of rotatable bonds is 19. The van der Waals surface area contributed by atoms with Gasteiger partial charge in [0.25, 0.3) is 0 Å². The average molecular weight is 354 g/mol. The lowest BCUT2D eigenvalue weighted by Crippen LogP contribution is -1.95. The minimum absolute atomic E-state index is 0.338. The first kappa shape index (κ1) is 24.0. The van der Waals surface area contributed by atoms with Gasteiger partial charge in [-0.15, -0.1) is 0 Å². The first-order valence-corrected chi connectivity index (χ1v) is 10.8. The van der Waals surface area contributed by atoms with Gasteiger partial charge < -0.3 is 10.8 Å². The molecule has 0 amide bonds. The molecule has 3 N–H and O–H groups in total. The number of carboxylic acids is 1. The second-order valence-corrected chi connectivity index (χ2v) is 7.41. The standard InChI is InChI=1S/C22H43NO2/c1-2-21(23)19-17-15-13-11-9-7-5-3-4-6-8-10-12-14-16-18-20-22(24)25/h2H,3-20,23H2,1H3,(H,24,25). The second-order valence-electron chi connectivity index (χ2n) is 7.41. The summed E-state index contributed by atoms with van der Waals surface area (Å²) in [6.45, 7) is 2.01. The highest BCUT2D eigenvalue weighted by molar-refractivity contribution is 5.66. The first-order chi connectivity index (χ1) is 12.2. The predicted molar refractivity (Wildman–Crippen MR) is 109 cm³/mol. The van der Waals surface area contributed by atoms with Crippen molar-refractivity contribution in [3.63, 3.8) is 0 Å². The molecular formula is C22H43NO2. The number of allylic oxidation sites excluding steroid dienone is 2. The normalized spacial score (nSPS) is 11.8. The molecule has 0 bridgehead atoms. The third kappa shape index (κ3) is 21.0. The van der Waals surface area contributed by atoms with Crippen LogP contribution in [0, 0.1) is 0 Å². The predicted octanol–water partition coefficient (Wildman–Crippen LogP) is 6.96. The summed E-state index contributed by atoms with van der Waals surface area (Å²) in [5.41, 5.74) is 6.83. The van der Waals surface area contributed by atoms with Gasteiger partial charge in [-0.05, 0) is 26.2 Å². The van der Waals surface area contributed by atoms with E-state index < -0.39 is 5.97 Å². The van der Waals surface area contributed by atoms with E-state index in [9.17, 15) is 4.79 Å². The fraction of sp³-hybridized carbons (Fsp3) is 0.864. The largest absolute Gasteiger partial charge is 0.481 e. The van der Waals surface area contributed by atoms with E-state index in [0.717, 1.165) is 25.0 Å². The Balaban J connectivity index is 3.04. The van der Waals surface area contributed by atoms with Gasteiger partial charge in [0.05, 0.1) is 0 Å². The fourth-order valence-corrected chi connectivity index (χ4v) is 3.22. The fourth-order valence-electron chi connectivity index (χ4n) is 3.22. The van der Waals surface area contributed by atoms with Crippen LogP contribution in [0.5, 0.6) is 0 Å². The molecule has 25 heavy (non-hydrogen) atoms. The van der Waals surface area contributed by atoms with Crippen molar-refractivity contribution in [2.24, 2.45) is 5.73 Å². The van der Waals surface area contributed by atoms with Crippen molar-refractivity contribution in [1.29, 1.82) is 0 Å². The Morgan fingerprint density at radius 3 is 1.20 bits per heavy atom. The highest BCUT2D eigenvalue weighted by Gasteiger charge is 1.97. The van der Waals surface area contributed by atoms with E-state index in [1.165, 1.54) is 89.9 Å². The molecule has 0 fully saturated rings. The molecule has 0 radical (unpaired) electrons. The van der Waals surface area contributed by atoms with Crippen LogP contribution in [0.4, 0.5) is 0 Å². The van der Waals surface area contributed by atoms with Gasteiger partial charge in [0.1, 0.15) is 0 Å². The molecule has 0 rings (SSSR count). The lowest BCUT2D eigenvalue weighted by molar-refractivity contribution is -0.137. The highest BCUT2D eigenvalue weighted by Crippen LogP contribution is 2.14. The number of hydrogen-bond acceptors (Lipinski definition) is 2. The Labute approximate surface area is 156 Å². The van der Waals surface area contributed by atoms with Gasteiger partial charge in [-0.1, -0.05) is 96.0 Å². The molecule has 0 spiro atoms. The lowest BCUT2D eigenvalue weighted by Gasteiger charge is -2.04. The van der Waals surface area contributed by atoms with Crippen LogP contribution in [-0.2, 0) is 4.79 Å². The van der Waals surface area contributed by atoms with Crippen molar-refractivity contribution in [3.05, 3.63) is 11.8 Å². The van der Waals surface area contributed by atoms with Gasteiger partial charge in [-0.3, -0.25) is 4.79 Å². The molecule has 0 aromatic carbocycles. The molecule has 0 aliphatic rings. The maximum absolute atomic E-state index is 10.4. The lowest BCUT2D eigenvalue weighted by atomic mass is 10.0. The van der Waals surface area contributed by atoms with E-state index in [-0.39, 0.29) is 0 Å². The van der Waals surface area contributed by atoms with E-state index in [4.69, 9.17) is 10.8 Å². The zero-order valence-electron chi connectivity index (χ0n) is 16.7. The van der Waals surface area contributed by atoms with Crippen LogP contribution in [0.2, 0.25) is 0 Å². The summed E-state index contributed by atoms with van der Waals surface area (Å²) in [4.78, 5) is 10.4. The Bertz CT molecular complexity index is 326. The van der Waals surface area contributed by atoms with Crippen LogP contribution in [0.3, 0.4) is 0 Å². The molecule has 3 nitrogen and oxygen atoms in total. The molecule has 0 atom stereocenters. The first-order valence-electron chi connectivity index (χ1n) is 10.8. The number of carboxylic acid groups (broad SMARTS) is 1. The monoisotopic (exact) mass is 353 g/mol. The molecule has 0 unspecified atom stereocenters. The SMILES string of the molecule is CC=C(N)CCCCCCCCCCCCCCCCCCC(=O)O. The number of hydrogen-bond donors (Lipinski definition) is 2. The summed E-state index contributed by atoms with van der Waals surface area (Å²) in [5, 5.41) is 8.56. The van der Waals surface area contributed by atoms with Gasteiger partial charge in [0.15, 0.2) is 0 Å². The molecule has 0 heterocycles. The highest BCUT2D eigenvalue weighted by atomic mass is 16.4. The van der Waals surface area contributed by atoms with Crippen LogP contribution in [0.25, 0.3) is 0 Å². The van der Waals surface area contributed by atoms with Crippen LogP contribution in [0.1, 0.15) is 122 Å². The quantitative estimate of drug-likeness (QED) is 0.247. The topological polar surface area (TPSA) is 63.3 Å². The maximum Gasteiger partial charge on any atom is 0.303 e. The summed E-state index contributed by atoms with van der Waals surface area (Å²) in [5.74, 6) is -0.658. The molecule has 0 aromatic heterocycles. The number of nitrogens with two attached hydrogens (primary N) is 1. The van der Waals surface area contributed by atoms with Gasteiger partial charge in [0, 0.05) is 12.1 Å². The number of carbonyl (C=O) groups is 1. The minimum Gasteiger partial charge on any atom is -0.481 e. The third-order valence-corrected chi connectivity index (χ3v) is 4.98. The number of aliphatic carboxylic acids is 1. The Hall–Kier alpha value is -0.990. The van der Waals surface area contributed by atoms with E-state index >= 15 is 0 Å². The van der Waals surface area contributed by atoms with Crippen molar-refractivity contribution in [3.8, 4) is 0 Å². The Morgan fingerprint density at radius 2 is 0.920 bits per heavy atom. The van der Waals surface area contributed by atoms with E-state index in [2.05, 4.69) is 0 Å². The van der Waals surface area contributed by atoms with Crippen molar-refractivity contribution < 1.29 is 9.90 Å². The summed E-state index contributed by atoms with van der Waals surface area (Å²) in [6, 6.07) is 0. The van der Waals surface area contributed by atoms with Gasteiger partial charge in [-0.2, -0.15) is 0 Å². The van der Waals surface area contributed by atoms with Gasteiger partial charge >= 0.3 is 5.97 Å². The van der Waals surface area contributed by atoms with E-state index in [1.807, 2.05) is 13.0 Å². The summed E-state index contributed by atoms with van der Waals surface area (Å²) in [6.07, 6.45) is 24.2. The molecule has 3 heteroatoms. The number of unbranched alkanes of at least 4 members (excludes halogenated alkanes) is 15. The van der Waals surface area contributed by atoms with E-state index in [1.54, 1.807) is 0 Å². The van der Waals surface area contributed by atoms with Gasteiger partial charge in [0.2, 0.25) is 0 Å². The summed E-state index contributed by atoms with van der Waals surface area (Å²) >= 11 is 0. The van der Waals surface area contributed by atoms with Crippen molar-refractivity contribution >= 4 is 5.97 Å². The van der Waals surface area contributed by atoms with Crippen LogP contribution in [-0.4, -0.2) is 11.1 Å². The van der Waals surface area contributed by atoms with Crippen molar-refractivity contribution in [2.45, 2.75) is 122 Å². The molecular weight excluding hydrogens is 310 g/mol. The van der Waals surface area contributed by atoms with E-state index in [0.29, 0.717) is 6.42 Å². The van der Waals surface area contributed by atoms with Crippen LogP contribution in [0.15, 0.2) is 11.8 Å². The molecule has 0 aliphatic heterocycles. The molecule has 0 saturated heterocycles. The van der Waals surface area contributed by atoms with Gasteiger partial charge in [-0.25, -0.2) is 0 Å².